The van der Waals surface area contributed by atoms with Gasteiger partial charge in [-0.15, -0.1) is 0 Å². The fraction of sp³-hybridized carbons (Fsp3) is 0.932. The van der Waals surface area contributed by atoms with E-state index in [0.717, 1.165) is 32.1 Å². The number of carbonyl (C=O) groups is 1. The van der Waals surface area contributed by atoms with Crippen molar-refractivity contribution in [2.45, 2.75) is 213 Å². The molecule has 0 saturated carbocycles. The minimum Gasteiger partial charge on any atom is -0.457 e. The first-order valence-electron chi connectivity index (χ1n) is 22.4. The molecule has 2 atom stereocenters. The van der Waals surface area contributed by atoms with Crippen LogP contribution in [0.5, 0.6) is 0 Å². The number of nitrogens with zero attached hydrogens (tertiary/aromatic N) is 1. The maximum absolute atomic E-state index is 12.7. The van der Waals surface area contributed by atoms with Crippen LogP contribution in [0.4, 0.5) is 0 Å². The minimum atomic E-state index is -4.27. The SMILES string of the molecule is CCCCCCCC/C=C\CCCCCCCCCCCC(=O)OC(COCCCCCCCCCCCCCC)COP(=O)(O)OCC[N+](C)(C)C. The van der Waals surface area contributed by atoms with E-state index in [1.807, 2.05) is 21.1 Å². The Morgan fingerprint density at radius 2 is 0.981 bits per heavy atom. The van der Waals surface area contributed by atoms with Crippen molar-refractivity contribution in [3.8, 4) is 0 Å². The standard InChI is InChI=1S/C44H88NO7P/c1-6-8-10-12-14-16-18-20-21-22-23-24-25-26-27-29-31-33-35-37-44(46)52-43(42-51-53(47,48)50-40-38-45(3,4)5)41-49-39-36-34-32-30-28-19-17-15-13-11-9-7-2/h20-21,43H,6-19,22-42H2,1-5H3/p+1/b21-20-. The molecule has 0 bridgehead atoms. The van der Waals surface area contributed by atoms with E-state index < -0.39 is 13.9 Å². The molecule has 9 heteroatoms. The molecule has 0 aromatic rings. The molecule has 0 fully saturated rings. The van der Waals surface area contributed by atoms with Crippen molar-refractivity contribution in [3.63, 3.8) is 0 Å². The summed E-state index contributed by atoms with van der Waals surface area (Å²) in [6.07, 6.45) is 40.9. The third-order valence-corrected chi connectivity index (χ3v) is 10.8. The molecule has 0 saturated heterocycles. The highest BCUT2D eigenvalue weighted by Crippen LogP contribution is 2.43. The van der Waals surface area contributed by atoms with Crippen molar-refractivity contribution >= 4 is 13.8 Å². The van der Waals surface area contributed by atoms with Crippen molar-refractivity contribution in [1.29, 1.82) is 0 Å². The third kappa shape index (κ3) is 42.2. The molecule has 8 nitrogen and oxygen atoms in total. The predicted octanol–water partition coefficient (Wildman–Crippen LogP) is 13.1. The van der Waals surface area contributed by atoms with E-state index >= 15 is 0 Å². The summed E-state index contributed by atoms with van der Waals surface area (Å²) >= 11 is 0. The molecule has 0 aliphatic carbocycles. The maximum atomic E-state index is 12.7. The number of allylic oxidation sites excluding steroid dienone is 2. The third-order valence-electron chi connectivity index (χ3n) is 9.83. The Bertz CT molecular complexity index is 863. The van der Waals surface area contributed by atoms with Crippen molar-refractivity contribution in [2.24, 2.45) is 0 Å². The van der Waals surface area contributed by atoms with Crippen LogP contribution in [0.2, 0.25) is 0 Å². The highest BCUT2D eigenvalue weighted by Gasteiger charge is 2.26. The zero-order valence-corrected chi connectivity index (χ0v) is 36.7. The molecule has 0 radical (unpaired) electrons. The van der Waals surface area contributed by atoms with E-state index in [1.54, 1.807) is 0 Å². The Morgan fingerprint density at radius 1 is 0.566 bits per heavy atom. The van der Waals surface area contributed by atoms with Crippen LogP contribution >= 0.6 is 7.82 Å². The van der Waals surface area contributed by atoms with Gasteiger partial charge in [0.05, 0.1) is 34.4 Å². The zero-order valence-electron chi connectivity index (χ0n) is 35.8. The van der Waals surface area contributed by atoms with E-state index in [4.69, 9.17) is 18.5 Å². The average molecular weight is 775 g/mol. The number of hydrogen-bond donors (Lipinski definition) is 1. The molecule has 0 aliphatic heterocycles. The highest BCUT2D eigenvalue weighted by molar-refractivity contribution is 7.47. The first kappa shape index (κ1) is 52.2. The largest absolute Gasteiger partial charge is 0.472 e. The van der Waals surface area contributed by atoms with Gasteiger partial charge in [-0.3, -0.25) is 13.8 Å². The topological polar surface area (TPSA) is 91.3 Å². The lowest BCUT2D eigenvalue weighted by atomic mass is 10.1. The summed E-state index contributed by atoms with van der Waals surface area (Å²) in [4.78, 5) is 22.9. The van der Waals surface area contributed by atoms with E-state index in [0.29, 0.717) is 24.1 Å². The number of phosphoric ester groups is 1. The molecule has 0 heterocycles. The number of phosphoric acid groups is 1. The summed E-state index contributed by atoms with van der Waals surface area (Å²) in [7, 11) is 1.68. The van der Waals surface area contributed by atoms with Crippen molar-refractivity contribution < 1.29 is 37.3 Å². The summed E-state index contributed by atoms with van der Waals surface area (Å²) in [6, 6.07) is 0. The molecular weight excluding hydrogens is 685 g/mol. The normalized spacial score (nSPS) is 13.8. The van der Waals surface area contributed by atoms with Crippen LogP contribution in [0.3, 0.4) is 0 Å². The predicted molar refractivity (Wildman–Crippen MR) is 224 cm³/mol. The van der Waals surface area contributed by atoms with Crippen molar-refractivity contribution in [3.05, 3.63) is 12.2 Å². The van der Waals surface area contributed by atoms with Gasteiger partial charge in [0.25, 0.3) is 0 Å². The van der Waals surface area contributed by atoms with Gasteiger partial charge in [0.1, 0.15) is 19.3 Å². The average Bonchev–Trinajstić information content (AvgIpc) is 3.11. The number of unbranched alkanes of at least 4 members (excludes halogenated alkanes) is 26. The van der Waals surface area contributed by atoms with Crippen molar-refractivity contribution in [1.82, 2.24) is 0 Å². The number of rotatable bonds is 42. The zero-order chi connectivity index (χ0) is 39.1. The summed E-state index contributed by atoms with van der Waals surface area (Å²) in [5.74, 6) is -0.313. The molecule has 0 spiro atoms. The fourth-order valence-electron chi connectivity index (χ4n) is 6.31. The molecule has 0 aliphatic rings. The Labute approximate surface area is 329 Å². The minimum absolute atomic E-state index is 0.0915. The first-order chi connectivity index (χ1) is 25.6. The number of hydrogen-bond acceptors (Lipinski definition) is 6. The van der Waals surface area contributed by atoms with Gasteiger partial charge in [-0.05, 0) is 38.5 Å². The fourth-order valence-corrected chi connectivity index (χ4v) is 7.05. The van der Waals surface area contributed by atoms with Gasteiger partial charge >= 0.3 is 13.8 Å². The Hall–Kier alpha value is -0.760. The molecule has 0 aromatic carbocycles. The van der Waals surface area contributed by atoms with Crippen molar-refractivity contribution in [2.75, 3.05) is 54.1 Å². The molecule has 1 N–H and O–H groups in total. The highest BCUT2D eigenvalue weighted by atomic mass is 31.2. The Kier molecular flexibility index (Phi) is 37.6. The second-order valence-electron chi connectivity index (χ2n) is 16.4. The van der Waals surface area contributed by atoms with Gasteiger partial charge in [-0.25, -0.2) is 4.57 Å². The number of quaternary nitrogens is 1. The summed E-state index contributed by atoms with van der Waals surface area (Å²) in [5, 5.41) is 0. The molecule has 0 amide bonds. The lowest BCUT2D eigenvalue weighted by Gasteiger charge is -2.24. The van der Waals surface area contributed by atoms with Crippen LogP contribution in [-0.4, -0.2) is 75.6 Å². The van der Waals surface area contributed by atoms with Crippen LogP contribution < -0.4 is 0 Å². The van der Waals surface area contributed by atoms with Gasteiger partial charge in [0.15, 0.2) is 0 Å². The number of ether oxygens (including phenoxy) is 2. The Balaban J connectivity index is 4.17. The number of likely N-dealkylation sites (N-methyl/N-ethyl adjacent to an activating group) is 1. The first-order valence-corrected chi connectivity index (χ1v) is 23.9. The summed E-state index contributed by atoms with van der Waals surface area (Å²) in [6.45, 7) is 5.65. The van der Waals surface area contributed by atoms with E-state index in [2.05, 4.69) is 26.0 Å². The second kappa shape index (κ2) is 38.1. The molecule has 316 valence electrons. The van der Waals surface area contributed by atoms with Gasteiger partial charge in [-0.1, -0.05) is 174 Å². The van der Waals surface area contributed by atoms with Crippen LogP contribution in [0.15, 0.2) is 12.2 Å². The van der Waals surface area contributed by atoms with Crippen LogP contribution in [0, 0.1) is 0 Å². The van der Waals surface area contributed by atoms with Gasteiger partial charge in [-0.2, -0.15) is 0 Å². The van der Waals surface area contributed by atoms with E-state index in [1.165, 1.54) is 154 Å². The molecule has 0 rings (SSSR count). The lowest BCUT2D eigenvalue weighted by Crippen LogP contribution is -2.37. The smallest absolute Gasteiger partial charge is 0.457 e. The summed E-state index contributed by atoms with van der Waals surface area (Å²) in [5.41, 5.74) is 0. The molecule has 0 aromatic heterocycles. The van der Waals surface area contributed by atoms with Gasteiger partial charge < -0.3 is 18.9 Å². The van der Waals surface area contributed by atoms with Crippen LogP contribution in [-0.2, 0) is 27.9 Å². The molecule has 2 unspecified atom stereocenters. The van der Waals surface area contributed by atoms with Crippen LogP contribution in [0.25, 0.3) is 0 Å². The van der Waals surface area contributed by atoms with Gasteiger partial charge in [0.2, 0.25) is 0 Å². The molecular formula is C44H89NO7P+. The van der Waals surface area contributed by atoms with Gasteiger partial charge in [0, 0.05) is 13.0 Å². The summed E-state index contributed by atoms with van der Waals surface area (Å²) < 4.78 is 35.0. The monoisotopic (exact) mass is 775 g/mol. The second-order valence-corrected chi connectivity index (χ2v) is 17.9. The van der Waals surface area contributed by atoms with E-state index in [-0.39, 0.29) is 25.8 Å². The maximum Gasteiger partial charge on any atom is 0.472 e. The van der Waals surface area contributed by atoms with E-state index in [9.17, 15) is 14.3 Å². The quantitative estimate of drug-likeness (QED) is 0.0217. The molecule has 53 heavy (non-hydrogen) atoms. The Morgan fingerprint density at radius 3 is 1.43 bits per heavy atom. The van der Waals surface area contributed by atoms with Crippen LogP contribution in [0.1, 0.15) is 206 Å². The number of carbonyl (C=O) groups excluding carboxylic acids is 1. The number of esters is 1. The lowest BCUT2D eigenvalue weighted by molar-refractivity contribution is -0.870.